The van der Waals surface area contributed by atoms with Crippen molar-refractivity contribution in [3.05, 3.63) is 111 Å². The van der Waals surface area contributed by atoms with Gasteiger partial charge < -0.3 is 15.0 Å². The number of aromatic carboxylic acids is 1. The molecule has 0 spiro atoms. The van der Waals surface area contributed by atoms with Crippen molar-refractivity contribution >= 4 is 34.0 Å². The van der Waals surface area contributed by atoms with Crippen LogP contribution in [0.1, 0.15) is 34.6 Å². The molecule has 0 amide bonds. The molecule has 0 saturated heterocycles. The monoisotopic (exact) mass is 542 g/mol. The Hall–Kier alpha value is -4.56. The summed E-state index contributed by atoms with van der Waals surface area (Å²) in [4.78, 5) is 33.7. The average Bonchev–Trinajstić information content (AvgIpc) is 2.92. The fourth-order valence-corrected chi connectivity index (χ4v) is 4.83. The Kier molecular flexibility index (Phi) is 6.89. The normalized spacial score (nSPS) is 11.9. The van der Waals surface area contributed by atoms with E-state index in [2.05, 4.69) is 15.3 Å². The van der Waals surface area contributed by atoms with E-state index in [9.17, 15) is 19.1 Å². The van der Waals surface area contributed by atoms with Gasteiger partial charge in [-0.15, -0.1) is 0 Å². The van der Waals surface area contributed by atoms with E-state index in [0.29, 0.717) is 22.5 Å². The number of nitrogens with zero attached hydrogens (tertiary/aromatic N) is 3. The third kappa shape index (κ3) is 5.11. The first-order valence-corrected chi connectivity index (χ1v) is 12.5. The number of carbonyl (C=O) groups is 1. The van der Waals surface area contributed by atoms with Gasteiger partial charge in [-0.3, -0.25) is 9.78 Å². The zero-order valence-corrected chi connectivity index (χ0v) is 22.1. The third-order valence-corrected chi connectivity index (χ3v) is 6.85. The summed E-state index contributed by atoms with van der Waals surface area (Å²) in [5.74, 6) is -1.52. The summed E-state index contributed by atoms with van der Waals surface area (Å²) in [5.41, 5.74) is 4.57. The van der Waals surface area contributed by atoms with Gasteiger partial charge in [0.1, 0.15) is 11.0 Å². The molecule has 196 valence electrons. The lowest BCUT2D eigenvalue weighted by Crippen LogP contribution is -2.20. The fraction of sp³-hybridized carbons (Fsp3) is 0.133. The molecule has 2 aromatic carbocycles. The second kappa shape index (κ2) is 10.3. The molecule has 0 unspecified atom stereocenters. The molecule has 5 rings (SSSR count). The van der Waals surface area contributed by atoms with Crippen LogP contribution in [0.25, 0.3) is 33.3 Å². The van der Waals surface area contributed by atoms with Crippen molar-refractivity contribution in [2.45, 2.75) is 19.9 Å². The molecule has 0 saturated carbocycles. The summed E-state index contributed by atoms with van der Waals surface area (Å²) in [6.45, 7) is 3.80. The minimum Gasteiger partial charge on any atom is -0.476 e. The Morgan fingerprint density at radius 2 is 1.74 bits per heavy atom. The smallest absolute Gasteiger partial charge is 0.356 e. The number of hydrogen-bond acceptors (Lipinski definition) is 5. The number of carboxylic acid groups (broad SMARTS) is 1. The van der Waals surface area contributed by atoms with Crippen LogP contribution < -0.4 is 10.9 Å². The van der Waals surface area contributed by atoms with Gasteiger partial charge in [0.25, 0.3) is 5.56 Å². The van der Waals surface area contributed by atoms with Gasteiger partial charge in [0.05, 0.1) is 17.1 Å². The van der Waals surface area contributed by atoms with Crippen molar-refractivity contribution < 1.29 is 14.3 Å². The van der Waals surface area contributed by atoms with Gasteiger partial charge in [0.2, 0.25) is 0 Å². The Bertz CT molecular complexity index is 1780. The Morgan fingerprint density at radius 1 is 1.03 bits per heavy atom. The summed E-state index contributed by atoms with van der Waals surface area (Å²) in [6, 6.07) is 18.3. The van der Waals surface area contributed by atoms with E-state index in [1.165, 1.54) is 18.2 Å². The van der Waals surface area contributed by atoms with E-state index in [4.69, 9.17) is 11.6 Å². The average molecular weight is 543 g/mol. The quantitative estimate of drug-likeness (QED) is 0.234. The maximum atomic E-state index is 13.5. The van der Waals surface area contributed by atoms with Gasteiger partial charge >= 0.3 is 5.97 Å². The molecule has 0 aliphatic rings. The van der Waals surface area contributed by atoms with Gasteiger partial charge in [0, 0.05) is 35.8 Å². The topological polar surface area (TPSA) is 97.1 Å². The lowest BCUT2D eigenvalue weighted by molar-refractivity contribution is 0.0691. The second-order valence-electron chi connectivity index (χ2n) is 9.35. The third-order valence-electron chi connectivity index (χ3n) is 6.64. The van der Waals surface area contributed by atoms with Gasteiger partial charge in [-0.2, -0.15) is 0 Å². The van der Waals surface area contributed by atoms with Crippen molar-refractivity contribution in [2.75, 3.05) is 5.32 Å². The largest absolute Gasteiger partial charge is 0.476 e. The van der Waals surface area contributed by atoms with E-state index >= 15 is 0 Å². The number of rotatable bonds is 6. The molecule has 1 atom stereocenters. The Morgan fingerprint density at radius 3 is 2.41 bits per heavy atom. The van der Waals surface area contributed by atoms with Crippen LogP contribution in [0.4, 0.5) is 10.1 Å². The van der Waals surface area contributed by atoms with Crippen LogP contribution in [0.2, 0.25) is 5.15 Å². The first-order chi connectivity index (χ1) is 18.6. The van der Waals surface area contributed by atoms with Crippen LogP contribution in [0.15, 0.2) is 77.7 Å². The van der Waals surface area contributed by atoms with E-state index in [1.807, 2.05) is 44.2 Å². The molecule has 9 heteroatoms. The molecule has 5 aromatic rings. The molecule has 0 fully saturated rings. The molecular weight excluding hydrogens is 519 g/mol. The molecular formula is C30H24ClFN4O3. The zero-order valence-electron chi connectivity index (χ0n) is 21.4. The number of aromatic nitrogens is 3. The fourth-order valence-electron chi connectivity index (χ4n) is 4.69. The van der Waals surface area contributed by atoms with Crippen molar-refractivity contribution in [3.63, 3.8) is 0 Å². The maximum Gasteiger partial charge on any atom is 0.356 e. The van der Waals surface area contributed by atoms with E-state index < -0.39 is 5.97 Å². The van der Waals surface area contributed by atoms with Gasteiger partial charge in [-0.05, 0) is 91.0 Å². The maximum absolute atomic E-state index is 13.5. The number of nitrogens with one attached hydrogen (secondary N) is 1. The predicted molar refractivity (Wildman–Crippen MR) is 151 cm³/mol. The van der Waals surface area contributed by atoms with Crippen molar-refractivity contribution in [3.8, 4) is 22.5 Å². The number of anilines is 1. The Labute approximate surface area is 228 Å². The number of halogens is 2. The lowest BCUT2D eigenvalue weighted by atomic mass is 9.96. The van der Waals surface area contributed by atoms with E-state index in [0.717, 1.165) is 27.6 Å². The minimum absolute atomic E-state index is 0.0822. The van der Waals surface area contributed by atoms with Crippen LogP contribution in [-0.2, 0) is 7.05 Å². The first kappa shape index (κ1) is 26.1. The molecule has 39 heavy (non-hydrogen) atoms. The van der Waals surface area contributed by atoms with Crippen LogP contribution in [0, 0.1) is 12.7 Å². The summed E-state index contributed by atoms with van der Waals surface area (Å²) >= 11 is 5.91. The first-order valence-electron chi connectivity index (χ1n) is 12.2. The second-order valence-corrected chi connectivity index (χ2v) is 9.74. The zero-order chi connectivity index (χ0) is 27.8. The highest BCUT2D eigenvalue weighted by atomic mass is 35.5. The van der Waals surface area contributed by atoms with Gasteiger partial charge in [0.15, 0.2) is 5.69 Å². The van der Waals surface area contributed by atoms with E-state index in [-0.39, 0.29) is 28.3 Å². The molecule has 0 bridgehead atoms. The van der Waals surface area contributed by atoms with Gasteiger partial charge in [-0.25, -0.2) is 14.2 Å². The van der Waals surface area contributed by atoms with E-state index in [1.54, 1.807) is 36.0 Å². The highest BCUT2D eigenvalue weighted by Gasteiger charge is 2.19. The number of carboxylic acids is 1. The van der Waals surface area contributed by atoms with Crippen LogP contribution >= 0.6 is 11.6 Å². The molecule has 0 aliphatic carbocycles. The molecule has 0 aliphatic heterocycles. The van der Waals surface area contributed by atoms with Crippen molar-refractivity contribution in [1.29, 1.82) is 0 Å². The van der Waals surface area contributed by atoms with Crippen LogP contribution in [0.3, 0.4) is 0 Å². The van der Waals surface area contributed by atoms with Crippen molar-refractivity contribution in [2.24, 2.45) is 7.05 Å². The number of pyridine rings is 3. The summed E-state index contributed by atoms with van der Waals surface area (Å²) < 4.78 is 14.9. The van der Waals surface area contributed by atoms with Gasteiger partial charge in [-0.1, -0.05) is 17.7 Å². The number of hydrogen-bond donors (Lipinski definition) is 2. The summed E-state index contributed by atoms with van der Waals surface area (Å²) in [7, 11) is 1.72. The predicted octanol–water partition coefficient (Wildman–Crippen LogP) is 6.63. The molecule has 3 aromatic heterocycles. The SMILES string of the molecule is Cc1cc([C@@H](C)Nc2ccc(Cl)nc2C(=O)O)c2cc(-c3ccc(-c4ccc(F)cc4)nc3)n(C)c(=O)c2c1. The molecule has 0 radical (unpaired) electrons. The van der Waals surface area contributed by atoms with Crippen molar-refractivity contribution in [1.82, 2.24) is 14.5 Å². The lowest BCUT2D eigenvalue weighted by Gasteiger charge is -2.21. The van der Waals surface area contributed by atoms with Crippen LogP contribution in [0.5, 0.6) is 0 Å². The highest BCUT2D eigenvalue weighted by Crippen LogP contribution is 2.31. The van der Waals surface area contributed by atoms with Crippen LogP contribution in [-0.4, -0.2) is 25.6 Å². The molecule has 7 nitrogen and oxygen atoms in total. The number of fused-ring (bicyclic) bond motifs is 1. The number of benzene rings is 2. The Balaban J connectivity index is 1.59. The summed E-state index contributed by atoms with van der Waals surface area (Å²) in [6.07, 6.45) is 1.69. The molecule has 2 N–H and O–H groups in total. The summed E-state index contributed by atoms with van der Waals surface area (Å²) in [5, 5.41) is 14.2. The minimum atomic E-state index is -1.20. The highest BCUT2D eigenvalue weighted by molar-refractivity contribution is 6.29. The standard InChI is InChI=1S/C30H24ClFN4O3/c1-16-12-21(17(2)34-25-10-11-27(31)35-28(25)30(38)39)22-14-26(36(3)29(37)23(22)13-16)19-6-9-24(33-15-19)18-4-7-20(32)8-5-18/h4-15,17,34H,1-3H3,(H,38,39)/t17-/m1/s1. The number of aryl methyl sites for hydroxylation is 1. The molecule has 3 heterocycles.